The molecule has 0 aromatic carbocycles. The van der Waals surface area contributed by atoms with E-state index in [-0.39, 0.29) is 5.54 Å². The van der Waals surface area contributed by atoms with Crippen molar-refractivity contribution in [1.82, 2.24) is 9.55 Å². The first-order valence-electron chi connectivity index (χ1n) is 5.50. The Morgan fingerprint density at radius 1 is 1.33 bits per heavy atom. The maximum Gasteiger partial charge on any atom is 0.140 e. The molecule has 2 aromatic heterocycles. The Bertz CT molecular complexity index is 475. The van der Waals surface area contributed by atoms with E-state index in [0.29, 0.717) is 0 Å². The molecule has 2 heteroatoms. The van der Waals surface area contributed by atoms with Crippen molar-refractivity contribution < 1.29 is 0 Å². The highest BCUT2D eigenvalue weighted by atomic mass is 15.1. The Kier molecular flexibility index (Phi) is 2.29. The maximum atomic E-state index is 4.48. The minimum atomic E-state index is 0.0987. The van der Waals surface area contributed by atoms with Gasteiger partial charge in [0.1, 0.15) is 5.65 Å². The van der Waals surface area contributed by atoms with E-state index < -0.39 is 0 Å². The third kappa shape index (κ3) is 1.65. The quantitative estimate of drug-likeness (QED) is 0.693. The van der Waals surface area contributed by atoms with Crippen LogP contribution in [0, 0.1) is 0 Å². The molecule has 80 valence electrons. The lowest BCUT2D eigenvalue weighted by atomic mass is 10.1. The number of aryl methyl sites for hydroxylation is 1. The summed E-state index contributed by atoms with van der Waals surface area (Å²) in [6, 6.07) is 6.37. The largest absolute Gasteiger partial charge is 0.324 e. The molecule has 0 aliphatic rings. The Morgan fingerprint density at radius 3 is 2.67 bits per heavy atom. The smallest absolute Gasteiger partial charge is 0.140 e. The molecule has 0 bridgehead atoms. The summed E-state index contributed by atoms with van der Waals surface area (Å²) in [6.45, 7) is 8.86. The highest BCUT2D eigenvalue weighted by molar-refractivity contribution is 5.77. The van der Waals surface area contributed by atoms with Crippen molar-refractivity contribution in [3.63, 3.8) is 0 Å². The van der Waals surface area contributed by atoms with Crippen LogP contribution in [0.4, 0.5) is 0 Å². The van der Waals surface area contributed by atoms with Crippen LogP contribution in [0.15, 0.2) is 24.4 Å². The summed E-state index contributed by atoms with van der Waals surface area (Å²) in [5, 5.41) is 1.24. The van der Waals surface area contributed by atoms with Crippen LogP contribution in [0.3, 0.4) is 0 Å². The fourth-order valence-corrected chi connectivity index (χ4v) is 2.10. The molecular formula is C13H18N2. The fourth-order valence-electron chi connectivity index (χ4n) is 2.10. The SMILES string of the molecule is CCc1cc2cccnc2n1C(C)(C)C. The van der Waals surface area contributed by atoms with Crippen LogP contribution >= 0.6 is 0 Å². The molecule has 0 unspecified atom stereocenters. The van der Waals surface area contributed by atoms with Crippen LogP contribution in [-0.4, -0.2) is 9.55 Å². The first-order valence-corrected chi connectivity index (χ1v) is 5.50. The van der Waals surface area contributed by atoms with Gasteiger partial charge in [-0.2, -0.15) is 0 Å². The first-order chi connectivity index (χ1) is 7.04. The lowest BCUT2D eigenvalue weighted by molar-refractivity contribution is 0.397. The van der Waals surface area contributed by atoms with Gasteiger partial charge < -0.3 is 4.57 Å². The molecule has 0 fully saturated rings. The highest BCUT2D eigenvalue weighted by Crippen LogP contribution is 2.26. The molecule has 2 rings (SSSR count). The number of fused-ring (bicyclic) bond motifs is 1. The zero-order valence-corrected chi connectivity index (χ0v) is 9.91. The van der Waals surface area contributed by atoms with E-state index in [1.54, 1.807) is 0 Å². The molecule has 15 heavy (non-hydrogen) atoms. The Hall–Kier alpha value is -1.31. The molecule has 2 nitrogen and oxygen atoms in total. The van der Waals surface area contributed by atoms with Crippen LogP contribution in [-0.2, 0) is 12.0 Å². The summed E-state index contributed by atoms with van der Waals surface area (Å²) in [4.78, 5) is 4.48. The molecule has 0 amide bonds. The van der Waals surface area contributed by atoms with Gasteiger partial charge in [0.25, 0.3) is 0 Å². The van der Waals surface area contributed by atoms with E-state index in [0.717, 1.165) is 12.1 Å². The van der Waals surface area contributed by atoms with Gasteiger partial charge >= 0.3 is 0 Å². The van der Waals surface area contributed by atoms with Gasteiger partial charge in [0.15, 0.2) is 0 Å². The second kappa shape index (κ2) is 3.37. The van der Waals surface area contributed by atoms with E-state index in [1.807, 2.05) is 12.3 Å². The number of pyridine rings is 1. The van der Waals surface area contributed by atoms with Gasteiger partial charge in [0, 0.05) is 22.8 Å². The van der Waals surface area contributed by atoms with Crippen molar-refractivity contribution in [2.75, 3.05) is 0 Å². The average molecular weight is 202 g/mol. The molecule has 0 spiro atoms. The zero-order chi connectivity index (χ0) is 11.1. The van der Waals surface area contributed by atoms with Gasteiger partial charge in [-0.25, -0.2) is 4.98 Å². The van der Waals surface area contributed by atoms with Crippen molar-refractivity contribution in [2.45, 2.75) is 39.7 Å². The molecular weight excluding hydrogens is 184 g/mol. The van der Waals surface area contributed by atoms with E-state index in [9.17, 15) is 0 Å². The molecule has 0 aliphatic heterocycles. The highest BCUT2D eigenvalue weighted by Gasteiger charge is 2.19. The standard InChI is InChI=1S/C13H18N2/c1-5-11-9-10-7-6-8-14-12(10)15(11)13(2,3)4/h6-9H,5H2,1-4H3. The van der Waals surface area contributed by atoms with Crippen molar-refractivity contribution in [2.24, 2.45) is 0 Å². The van der Waals surface area contributed by atoms with Crippen molar-refractivity contribution in [1.29, 1.82) is 0 Å². The number of aromatic nitrogens is 2. The van der Waals surface area contributed by atoms with Gasteiger partial charge in [-0.1, -0.05) is 6.92 Å². The minimum absolute atomic E-state index is 0.0987. The van der Waals surface area contributed by atoms with Crippen molar-refractivity contribution in [3.05, 3.63) is 30.1 Å². The Morgan fingerprint density at radius 2 is 2.07 bits per heavy atom. The lowest BCUT2D eigenvalue weighted by Crippen LogP contribution is -2.23. The minimum Gasteiger partial charge on any atom is -0.324 e. The Labute approximate surface area is 90.9 Å². The maximum absolute atomic E-state index is 4.48. The van der Waals surface area contributed by atoms with Crippen LogP contribution in [0.2, 0.25) is 0 Å². The summed E-state index contributed by atoms with van der Waals surface area (Å²) >= 11 is 0. The molecule has 2 heterocycles. The molecule has 0 atom stereocenters. The van der Waals surface area contributed by atoms with Crippen LogP contribution in [0.25, 0.3) is 11.0 Å². The van der Waals surface area contributed by atoms with Crippen molar-refractivity contribution >= 4 is 11.0 Å². The topological polar surface area (TPSA) is 17.8 Å². The molecule has 0 radical (unpaired) electrons. The summed E-state index contributed by atoms with van der Waals surface area (Å²) in [6.07, 6.45) is 2.91. The molecule has 0 N–H and O–H groups in total. The molecule has 2 aromatic rings. The van der Waals surface area contributed by atoms with Crippen LogP contribution in [0.1, 0.15) is 33.4 Å². The number of hydrogen-bond donors (Lipinski definition) is 0. The monoisotopic (exact) mass is 202 g/mol. The van der Waals surface area contributed by atoms with Gasteiger partial charge in [0.05, 0.1) is 0 Å². The second-order valence-corrected chi connectivity index (χ2v) is 4.91. The molecule has 0 aliphatic carbocycles. The first kappa shape index (κ1) is 10.2. The van der Waals surface area contributed by atoms with Gasteiger partial charge in [-0.15, -0.1) is 0 Å². The number of nitrogens with zero attached hydrogens (tertiary/aromatic N) is 2. The van der Waals surface area contributed by atoms with Gasteiger partial charge in [-0.3, -0.25) is 0 Å². The van der Waals surface area contributed by atoms with E-state index in [1.165, 1.54) is 11.1 Å². The van der Waals surface area contributed by atoms with E-state index >= 15 is 0 Å². The van der Waals surface area contributed by atoms with Crippen molar-refractivity contribution in [3.8, 4) is 0 Å². The normalized spacial score (nSPS) is 12.3. The summed E-state index contributed by atoms with van der Waals surface area (Å²) in [7, 11) is 0. The Balaban J connectivity index is 2.79. The molecule has 0 saturated heterocycles. The predicted molar refractivity (Wildman–Crippen MR) is 64.1 cm³/mol. The zero-order valence-electron chi connectivity index (χ0n) is 9.91. The van der Waals surface area contributed by atoms with Gasteiger partial charge in [0.2, 0.25) is 0 Å². The van der Waals surface area contributed by atoms with Crippen LogP contribution in [0.5, 0.6) is 0 Å². The molecule has 0 saturated carbocycles. The fraction of sp³-hybridized carbons (Fsp3) is 0.462. The van der Waals surface area contributed by atoms with Crippen LogP contribution < -0.4 is 0 Å². The summed E-state index contributed by atoms with van der Waals surface area (Å²) in [5.74, 6) is 0. The third-order valence-corrected chi connectivity index (χ3v) is 2.67. The second-order valence-electron chi connectivity index (χ2n) is 4.91. The number of rotatable bonds is 1. The summed E-state index contributed by atoms with van der Waals surface area (Å²) < 4.78 is 2.34. The number of hydrogen-bond acceptors (Lipinski definition) is 1. The average Bonchev–Trinajstić information content (AvgIpc) is 2.54. The predicted octanol–water partition coefficient (Wildman–Crippen LogP) is 3.35. The third-order valence-electron chi connectivity index (χ3n) is 2.67. The summed E-state index contributed by atoms with van der Waals surface area (Å²) in [5.41, 5.74) is 2.56. The lowest BCUT2D eigenvalue weighted by Gasteiger charge is -2.24. The van der Waals surface area contributed by atoms with E-state index in [4.69, 9.17) is 0 Å². The van der Waals surface area contributed by atoms with Gasteiger partial charge in [-0.05, 0) is 45.4 Å². The van der Waals surface area contributed by atoms with E-state index in [2.05, 4.69) is 49.4 Å².